The Morgan fingerprint density at radius 2 is 2.00 bits per heavy atom. The van der Waals surface area contributed by atoms with Crippen LogP contribution in [0.25, 0.3) is 0 Å². The second kappa shape index (κ2) is 3.34. The molecular weight excluding hydrogens is 174 g/mol. The third-order valence-electron chi connectivity index (χ3n) is 2.40. The highest BCUT2D eigenvalue weighted by Crippen LogP contribution is 2.33. The van der Waals surface area contributed by atoms with Crippen LogP contribution < -0.4 is 5.32 Å². The quantitative estimate of drug-likeness (QED) is 0.691. The maximum absolute atomic E-state index is 11.1. The smallest absolute Gasteiger partial charge is 0.151 e. The lowest BCUT2D eigenvalue weighted by Gasteiger charge is -2.10. The lowest BCUT2D eigenvalue weighted by molar-refractivity contribution is 0.549. The van der Waals surface area contributed by atoms with Gasteiger partial charge < -0.3 is 5.32 Å². The first-order valence-corrected chi connectivity index (χ1v) is 6.25. The fraction of sp³-hybridized carbons (Fsp3) is 1.00. The normalized spacial score (nSPS) is 20.8. The fourth-order valence-electron chi connectivity index (χ4n) is 1.02. The molecule has 1 N–H and O–H groups in total. The SMILES string of the molecule is CCS(=O)(=O)CCNC1(C)CC1. The van der Waals surface area contributed by atoms with Crippen LogP contribution in [0.4, 0.5) is 0 Å². The van der Waals surface area contributed by atoms with Gasteiger partial charge in [0.1, 0.15) is 0 Å². The summed E-state index contributed by atoms with van der Waals surface area (Å²) >= 11 is 0. The van der Waals surface area contributed by atoms with E-state index in [-0.39, 0.29) is 17.0 Å². The molecule has 0 unspecified atom stereocenters. The molecule has 4 heteroatoms. The summed E-state index contributed by atoms with van der Waals surface area (Å²) in [6.07, 6.45) is 2.36. The summed E-state index contributed by atoms with van der Waals surface area (Å²) in [5.41, 5.74) is 0.253. The van der Waals surface area contributed by atoms with E-state index in [1.807, 2.05) is 0 Å². The van der Waals surface area contributed by atoms with Crippen molar-refractivity contribution in [2.45, 2.75) is 32.2 Å². The van der Waals surface area contributed by atoms with Crippen LogP contribution in [0, 0.1) is 0 Å². The van der Waals surface area contributed by atoms with Crippen molar-refractivity contribution in [2.24, 2.45) is 0 Å². The molecule has 0 aromatic carbocycles. The summed E-state index contributed by atoms with van der Waals surface area (Å²) in [6, 6.07) is 0. The Labute approximate surface area is 74.5 Å². The van der Waals surface area contributed by atoms with E-state index < -0.39 is 9.84 Å². The van der Waals surface area contributed by atoms with Crippen molar-refractivity contribution in [1.82, 2.24) is 5.32 Å². The van der Waals surface area contributed by atoms with Crippen molar-refractivity contribution in [3.05, 3.63) is 0 Å². The van der Waals surface area contributed by atoms with Gasteiger partial charge in [-0.15, -0.1) is 0 Å². The van der Waals surface area contributed by atoms with E-state index in [9.17, 15) is 8.42 Å². The Kier molecular flexibility index (Phi) is 2.78. The van der Waals surface area contributed by atoms with Gasteiger partial charge in [-0.3, -0.25) is 0 Å². The standard InChI is InChI=1S/C8H17NO2S/c1-3-12(10,11)7-6-9-8(2)4-5-8/h9H,3-7H2,1-2H3. The van der Waals surface area contributed by atoms with E-state index >= 15 is 0 Å². The van der Waals surface area contributed by atoms with Crippen LogP contribution in [0.2, 0.25) is 0 Å². The number of rotatable bonds is 5. The molecule has 12 heavy (non-hydrogen) atoms. The van der Waals surface area contributed by atoms with Crippen molar-refractivity contribution in [2.75, 3.05) is 18.1 Å². The summed E-state index contributed by atoms with van der Waals surface area (Å²) in [5, 5.41) is 3.24. The molecular formula is C8H17NO2S. The third kappa shape index (κ3) is 3.11. The van der Waals surface area contributed by atoms with Gasteiger partial charge in [0.25, 0.3) is 0 Å². The molecule has 0 aliphatic heterocycles. The van der Waals surface area contributed by atoms with Gasteiger partial charge in [0, 0.05) is 17.8 Å². The minimum absolute atomic E-state index is 0.253. The first-order chi connectivity index (χ1) is 5.47. The molecule has 72 valence electrons. The van der Waals surface area contributed by atoms with E-state index in [2.05, 4.69) is 12.2 Å². The van der Waals surface area contributed by atoms with Gasteiger partial charge in [-0.2, -0.15) is 0 Å². The van der Waals surface area contributed by atoms with Gasteiger partial charge in [-0.25, -0.2) is 8.42 Å². The minimum atomic E-state index is -2.78. The van der Waals surface area contributed by atoms with E-state index in [0.29, 0.717) is 6.54 Å². The monoisotopic (exact) mass is 191 g/mol. The van der Waals surface area contributed by atoms with Crippen LogP contribution in [0.15, 0.2) is 0 Å². The van der Waals surface area contributed by atoms with Crippen LogP contribution in [-0.2, 0) is 9.84 Å². The average molecular weight is 191 g/mol. The fourth-order valence-corrected chi connectivity index (χ4v) is 1.72. The van der Waals surface area contributed by atoms with Gasteiger partial charge in [0.2, 0.25) is 0 Å². The predicted molar refractivity (Wildman–Crippen MR) is 50.0 cm³/mol. The molecule has 0 heterocycles. The highest BCUT2D eigenvalue weighted by atomic mass is 32.2. The molecule has 1 aliphatic rings. The molecule has 0 spiro atoms. The van der Waals surface area contributed by atoms with Crippen molar-refractivity contribution >= 4 is 9.84 Å². The highest BCUT2D eigenvalue weighted by molar-refractivity contribution is 7.91. The molecule has 0 bridgehead atoms. The average Bonchev–Trinajstić information content (AvgIpc) is 2.68. The number of hydrogen-bond acceptors (Lipinski definition) is 3. The Hall–Kier alpha value is -0.0900. The summed E-state index contributed by atoms with van der Waals surface area (Å²) in [7, 11) is -2.78. The molecule has 1 rings (SSSR count). The zero-order chi connectivity index (χ0) is 9.24. The number of sulfone groups is 1. The highest BCUT2D eigenvalue weighted by Gasteiger charge is 2.36. The lowest BCUT2D eigenvalue weighted by atomic mass is 10.3. The maximum atomic E-state index is 11.1. The molecule has 0 radical (unpaired) electrons. The van der Waals surface area contributed by atoms with Crippen molar-refractivity contribution in [1.29, 1.82) is 0 Å². The Morgan fingerprint density at radius 1 is 1.42 bits per heavy atom. The summed E-state index contributed by atoms with van der Waals surface area (Å²) in [5.74, 6) is 0.532. The van der Waals surface area contributed by atoms with Crippen LogP contribution in [0.1, 0.15) is 26.7 Å². The zero-order valence-electron chi connectivity index (χ0n) is 7.76. The molecule has 1 aliphatic carbocycles. The van der Waals surface area contributed by atoms with Gasteiger partial charge in [-0.1, -0.05) is 6.92 Å². The molecule has 0 aromatic rings. The summed E-state index contributed by atoms with van der Waals surface area (Å²) < 4.78 is 22.1. The Bertz CT molecular complexity index is 242. The van der Waals surface area contributed by atoms with Crippen LogP contribution >= 0.6 is 0 Å². The van der Waals surface area contributed by atoms with Crippen LogP contribution in [0.3, 0.4) is 0 Å². The van der Waals surface area contributed by atoms with E-state index in [0.717, 1.165) is 0 Å². The molecule has 3 nitrogen and oxygen atoms in total. The number of nitrogens with one attached hydrogen (secondary N) is 1. The molecule has 0 amide bonds. The van der Waals surface area contributed by atoms with Gasteiger partial charge in [0.05, 0.1) is 5.75 Å². The van der Waals surface area contributed by atoms with Crippen molar-refractivity contribution in [3.8, 4) is 0 Å². The van der Waals surface area contributed by atoms with Crippen molar-refractivity contribution in [3.63, 3.8) is 0 Å². The Balaban J connectivity index is 2.18. The van der Waals surface area contributed by atoms with Gasteiger partial charge in [0.15, 0.2) is 9.84 Å². The zero-order valence-corrected chi connectivity index (χ0v) is 8.58. The van der Waals surface area contributed by atoms with Crippen molar-refractivity contribution < 1.29 is 8.42 Å². The number of hydrogen-bond donors (Lipinski definition) is 1. The summed E-state index contributed by atoms with van der Waals surface area (Å²) in [6.45, 7) is 4.42. The largest absolute Gasteiger partial charge is 0.311 e. The van der Waals surface area contributed by atoms with E-state index in [4.69, 9.17) is 0 Å². The van der Waals surface area contributed by atoms with E-state index in [1.165, 1.54) is 12.8 Å². The lowest BCUT2D eigenvalue weighted by Crippen LogP contribution is -2.32. The molecule has 0 aromatic heterocycles. The maximum Gasteiger partial charge on any atom is 0.151 e. The summed E-state index contributed by atoms with van der Waals surface area (Å²) in [4.78, 5) is 0. The Morgan fingerprint density at radius 3 is 2.42 bits per heavy atom. The molecule has 0 atom stereocenters. The first-order valence-electron chi connectivity index (χ1n) is 4.43. The van der Waals surface area contributed by atoms with Gasteiger partial charge >= 0.3 is 0 Å². The minimum Gasteiger partial charge on any atom is -0.311 e. The second-order valence-corrected chi connectivity index (χ2v) is 6.20. The van der Waals surface area contributed by atoms with Crippen LogP contribution in [0.5, 0.6) is 0 Å². The second-order valence-electron chi connectivity index (χ2n) is 3.72. The van der Waals surface area contributed by atoms with Crippen LogP contribution in [-0.4, -0.2) is 32.0 Å². The molecule has 1 fully saturated rings. The third-order valence-corrected chi connectivity index (χ3v) is 4.11. The first kappa shape index (κ1) is 9.99. The topological polar surface area (TPSA) is 46.2 Å². The molecule has 1 saturated carbocycles. The van der Waals surface area contributed by atoms with Gasteiger partial charge in [-0.05, 0) is 19.8 Å². The van der Waals surface area contributed by atoms with E-state index in [1.54, 1.807) is 6.92 Å². The molecule has 0 saturated heterocycles. The predicted octanol–water partition coefficient (Wildman–Crippen LogP) is 0.563.